The number of carbonyl (C=O) groups is 2. The van der Waals surface area contributed by atoms with Gasteiger partial charge in [0.2, 0.25) is 5.91 Å². The number of nitrogens with one attached hydrogen (secondary N) is 2. The van der Waals surface area contributed by atoms with E-state index in [-0.39, 0.29) is 23.7 Å². The summed E-state index contributed by atoms with van der Waals surface area (Å²) in [7, 11) is 0. The van der Waals surface area contributed by atoms with Gasteiger partial charge in [-0.15, -0.1) is 0 Å². The summed E-state index contributed by atoms with van der Waals surface area (Å²) >= 11 is 3.22. The molecule has 0 saturated carbocycles. The van der Waals surface area contributed by atoms with Gasteiger partial charge in [0.25, 0.3) is 5.91 Å². The predicted molar refractivity (Wildman–Crippen MR) is 104 cm³/mol. The number of amides is 2. The maximum atomic E-state index is 13.2. The molecular weight excluding hydrogens is 415 g/mol. The molecule has 0 bridgehead atoms. The van der Waals surface area contributed by atoms with Gasteiger partial charge in [-0.25, -0.2) is 4.39 Å². The standard InChI is InChI=1S/C20H20BrFN2O3/c1-11(13-3-6-17-14(9-13)4-8-19(25)24-17)23-20(26)12(2)27-18-7-5-15(22)10-16(18)21/h3,5-7,9-12H,4,8H2,1-2H3,(H,23,26)(H,24,25). The summed E-state index contributed by atoms with van der Waals surface area (Å²) < 4.78 is 19.2. The Morgan fingerprint density at radius 2 is 2.00 bits per heavy atom. The zero-order valence-electron chi connectivity index (χ0n) is 15.0. The minimum Gasteiger partial charge on any atom is -0.480 e. The van der Waals surface area contributed by atoms with Crippen LogP contribution in [0.15, 0.2) is 40.9 Å². The van der Waals surface area contributed by atoms with Gasteiger partial charge in [-0.3, -0.25) is 9.59 Å². The van der Waals surface area contributed by atoms with E-state index in [0.717, 1.165) is 16.8 Å². The molecule has 2 unspecified atom stereocenters. The number of halogens is 2. The van der Waals surface area contributed by atoms with Crippen LogP contribution in [0.4, 0.5) is 10.1 Å². The maximum Gasteiger partial charge on any atom is 0.261 e. The SMILES string of the molecule is CC(Oc1ccc(F)cc1Br)C(=O)NC(C)c1ccc2c(c1)CCC(=O)N2. The molecule has 142 valence electrons. The predicted octanol–water partition coefficient (Wildman–Crippen LogP) is 4.12. The number of anilines is 1. The third-order valence-corrected chi connectivity index (χ3v) is 5.07. The van der Waals surface area contributed by atoms with Crippen molar-refractivity contribution in [2.75, 3.05) is 5.32 Å². The van der Waals surface area contributed by atoms with Crippen LogP contribution in [0.1, 0.15) is 37.4 Å². The van der Waals surface area contributed by atoms with Crippen LogP contribution in [0, 0.1) is 5.82 Å². The minimum atomic E-state index is -0.744. The number of hydrogen-bond acceptors (Lipinski definition) is 3. The topological polar surface area (TPSA) is 67.4 Å². The van der Waals surface area contributed by atoms with Crippen molar-refractivity contribution in [1.29, 1.82) is 0 Å². The Labute approximate surface area is 165 Å². The third-order valence-electron chi connectivity index (χ3n) is 4.45. The lowest BCUT2D eigenvalue weighted by molar-refractivity contribution is -0.128. The third kappa shape index (κ3) is 4.66. The van der Waals surface area contributed by atoms with Gasteiger partial charge in [-0.2, -0.15) is 0 Å². The van der Waals surface area contributed by atoms with Gasteiger partial charge in [-0.05, 0) is 71.6 Å². The van der Waals surface area contributed by atoms with Crippen molar-refractivity contribution < 1.29 is 18.7 Å². The van der Waals surface area contributed by atoms with E-state index in [1.54, 1.807) is 6.92 Å². The van der Waals surface area contributed by atoms with E-state index in [0.29, 0.717) is 23.1 Å². The highest BCUT2D eigenvalue weighted by atomic mass is 79.9. The molecule has 27 heavy (non-hydrogen) atoms. The Morgan fingerprint density at radius 1 is 1.22 bits per heavy atom. The van der Waals surface area contributed by atoms with Crippen LogP contribution in [-0.4, -0.2) is 17.9 Å². The molecule has 2 aromatic rings. The smallest absolute Gasteiger partial charge is 0.261 e. The van der Waals surface area contributed by atoms with Gasteiger partial charge in [0.05, 0.1) is 10.5 Å². The van der Waals surface area contributed by atoms with Crippen molar-refractivity contribution in [2.45, 2.75) is 38.8 Å². The molecule has 7 heteroatoms. The number of fused-ring (bicyclic) bond motifs is 1. The molecule has 1 aliphatic heterocycles. The Hall–Kier alpha value is -2.41. The summed E-state index contributed by atoms with van der Waals surface area (Å²) in [6.45, 7) is 3.53. The van der Waals surface area contributed by atoms with Gasteiger partial charge in [0.15, 0.2) is 6.10 Å². The maximum absolute atomic E-state index is 13.2. The molecule has 0 aliphatic carbocycles. The summed E-state index contributed by atoms with van der Waals surface area (Å²) in [5.74, 6) is -0.237. The quantitative estimate of drug-likeness (QED) is 0.743. The number of aryl methyl sites for hydroxylation is 1. The highest BCUT2D eigenvalue weighted by molar-refractivity contribution is 9.10. The van der Waals surface area contributed by atoms with Gasteiger partial charge in [0.1, 0.15) is 11.6 Å². The van der Waals surface area contributed by atoms with E-state index in [1.165, 1.54) is 18.2 Å². The molecule has 1 aliphatic rings. The highest BCUT2D eigenvalue weighted by Gasteiger charge is 2.21. The molecule has 3 rings (SSSR count). The molecule has 2 aromatic carbocycles. The molecule has 5 nitrogen and oxygen atoms in total. The zero-order valence-corrected chi connectivity index (χ0v) is 16.6. The second kappa shape index (κ2) is 8.08. The van der Waals surface area contributed by atoms with Crippen LogP contribution in [-0.2, 0) is 16.0 Å². The minimum absolute atomic E-state index is 0.0227. The summed E-state index contributed by atoms with van der Waals surface area (Å²) in [5, 5.41) is 5.77. The summed E-state index contributed by atoms with van der Waals surface area (Å²) in [4.78, 5) is 23.9. The number of rotatable bonds is 5. The van der Waals surface area contributed by atoms with E-state index in [4.69, 9.17) is 4.74 Å². The molecule has 0 saturated heterocycles. The molecule has 0 spiro atoms. The fourth-order valence-corrected chi connectivity index (χ4v) is 3.35. The molecule has 2 N–H and O–H groups in total. The first-order valence-corrected chi connectivity index (χ1v) is 9.47. The molecular formula is C20H20BrFN2O3. The van der Waals surface area contributed by atoms with Crippen LogP contribution in [0.5, 0.6) is 5.75 Å². The van der Waals surface area contributed by atoms with Crippen LogP contribution in [0.3, 0.4) is 0 Å². The number of hydrogen-bond donors (Lipinski definition) is 2. The number of benzene rings is 2. The van der Waals surface area contributed by atoms with Crippen molar-refractivity contribution in [3.05, 3.63) is 57.8 Å². The zero-order chi connectivity index (χ0) is 19.6. The van der Waals surface area contributed by atoms with E-state index >= 15 is 0 Å². The van der Waals surface area contributed by atoms with Crippen molar-refractivity contribution in [3.8, 4) is 5.75 Å². The Kier molecular flexibility index (Phi) is 5.79. The van der Waals surface area contributed by atoms with Crippen molar-refractivity contribution in [2.24, 2.45) is 0 Å². The van der Waals surface area contributed by atoms with Crippen molar-refractivity contribution >= 4 is 33.4 Å². The molecule has 0 radical (unpaired) electrons. The van der Waals surface area contributed by atoms with Gasteiger partial charge in [0, 0.05) is 12.1 Å². The van der Waals surface area contributed by atoms with Gasteiger partial charge in [-0.1, -0.05) is 12.1 Å². The van der Waals surface area contributed by atoms with E-state index in [2.05, 4.69) is 26.6 Å². The van der Waals surface area contributed by atoms with E-state index in [1.807, 2.05) is 25.1 Å². The first-order chi connectivity index (χ1) is 12.8. The summed E-state index contributed by atoms with van der Waals surface area (Å²) in [6.07, 6.45) is 0.411. The molecule has 2 atom stereocenters. The molecule has 0 fully saturated rings. The monoisotopic (exact) mass is 434 g/mol. The Bertz CT molecular complexity index is 888. The van der Waals surface area contributed by atoms with Gasteiger partial charge < -0.3 is 15.4 Å². The molecule has 0 aromatic heterocycles. The largest absolute Gasteiger partial charge is 0.480 e. The lowest BCUT2D eigenvalue weighted by Crippen LogP contribution is -2.37. The second-order valence-electron chi connectivity index (χ2n) is 6.53. The Morgan fingerprint density at radius 3 is 2.74 bits per heavy atom. The van der Waals surface area contributed by atoms with Crippen molar-refractivity contribution in [1.82, 2.24) is 5.32 Å². The fourth-order valence-electron chi connectivity index (χ4n) is 2.90. The van der Waals surface area contributed by atoms with Crippen LogP contribution >= 0.6 is 15.9 Å². The lowest BCUT2D eigenvalue weighted by Gasteiger charge is -2.22. The first-order valence-electron chi connectivity index (χ1n) is 8.68. The number of carbonyl (C=O) groups excluding carboxylic acids is 2. The van der Waals surface area contributed by atoms with Gasteiger partial charge >= 0.3 is 0 Å². The Balaban J connectivity index is 1.64. The average molecular weight is 435 g/mol. The van der Waals surface area contributed by atoms with Crippen molar-refractivity contribution in [3.63, 3.8) is 0 Å². The lowest BCUT2D eigenvalue weighted by atomic mass is 9.97. The van der Waals surface area contributed by atoms with E-state index < -0.39 is 6.10 Å². The van der Waals surface area contributed by atoms with Crippen LogP contribution < -0.4 is 15.4 Å². The number of ether oxygens (including phenoxy) is 1. The molecule has 2 amide bonds. The van der Waals surface area contributed by atoms with Crippen LogP contribution in [0.2, 0.25) is 0 Å². The highest BCUT2D eigenvalue weighted by Crippen LogP contribution is 2.28. The van der Waals surface area contributed by atoms with E-state index in [9.17, 15) is 14.0 Å². The van der Waals surface area contributed by atoms with Crippen LogP contribution in [0.25, 0.3) is 0 Å². The fraction of sp³-hybridized carbons (Fsp3) is 0.300. The summed E-state index contributed by atoms with van der Waals surface area (Å²) in [5.41, 5.74) is 2.84. The average Bonchev–Trinajstić information content (AvgIpc) is 2.63. The first kappa shape index (κ1) is 19.4. The second-order valence-corrected chi connectivity index (χ2v) is 7.38. The normalized spacial score (nSPS) is 15.3. The summed E-state index contributed by atoms with van der Waals surface area (Å²) in [6, 6.07) is 9.57. The molecule has 1 heterocycles.